The Bertz CT molecular complexity index is 882. The first-order valence-corrected chi connectivity index (χ1v) is 8.67. The van der Waals surface area contributed by atoms with Crippen molar-refractivity contribution in [2.45, 2.75) is 6.54 Å². The fraction of sp³-hybridized carbons (Fsp3) is 0.167. The van der Waals surface area contributed by atoms with Crippen LogP contribution in [0.25, 0.3) is 0 Å². The lowest BCUT2D eigenvalue weighted by Crippen LogP contribution is -2.29. The normalized spacial score (nSPS) is 15.5. The Balaban J connectivity index is 1.87. The van der Waals surface area contributed by atoms with E-state index < -0.39 is 5.91 Å². The second kappa shape index (κ2) is 7.80. The van der Waals surface area contributed by atoms with E-state index in [-0.39, 0.29) is 23.8 Å². The summed E-state index contributed by atoms with van der Waals surface area (Å²) < 4.78 is 10.3. The molecule has 26 heavy (non-hydrogen) atoms. The Kier molecular flexibility index (Phi) is 5.29. The Labute approximate surface area is 154 Å². The molecule has 0 atom stereocenters. The number of furan rings is 1. The van der Waals surface area contributed by atoms with Crippen molar-refractivity contribution in [3.63, 3.8) is 0 Å². The number of anilines is 1. The van der Waals surface area contributed by atoms with Crippen LogP contribution in [-0.2, 0) is 16.1 Å². The van der Waals surface area contributed by atoms with Crippen LogP contribution in [0.15, 0.2) is 57.7 Å². The quantitative estimate of drug-likeness (QED) is 0.642. The van der Waals surface area contributed by atoms with Gasteiger partial charge in [-0.25, -0.2) is 0 Å². The van der Waals surface area contributed by atoms with Crippen molar-refractivity contribution in [1.29, 1.82) is 5.26 Å². The number of rotatable bonds is 5. The first-order chi connectivity index (χ1) is 12.6. The molecule has 1 aromatic heterocycles. The maximum atomic E-state index is 12.4. The first-order valence-electron chi connectivity index (χ1n) is 7.69. The van der Waals surface area contributed by atoms with Crippen LogP contribution in [0.4, 0.5) is 5.69 Å². The van der Waals surface area contributed by atoms with Crippen LogP contribution in [-0.4, -0.2) is 24.7 Å². The molecule has 8 heteroatoms. The second-order valence-corrected chi connectivity index (χ2v) is 6.23. The Hall–Kier alpha value is -3.18. The zero-order valence-corrected chi connectivity index (χ0v) is 14.7. The van der Waals surface area contributed by atoms with Gasteiger partial charge in [0.1, 0.15) is 28.2 Å². The highest BCUT2D eigenvalue weighted by Gasteiger charge is 2.33. The van der Waals surface area contributed by atoms with Gasteiger partial charge >= 0.3 is 0 Å². The van der Waals surface area contributed by atoms with Crippen LogP contribution >= 0.6 is 11.8 Å². The number of carbonyl (C=O) groups excluding carboxylic acids is 2. The third-order valence-electron chi connectivity index (χ3n) is 3.67. The van der Waals surface area contributed by atoms with Crippen molar-refractivity contribution in [1.82, 2.24) is 5.32 Å². The van der Waals surface area contributed by atoms with Gasteiger partial charge in [-0.15, -0.1) is 0 Å². The largest absolute Gasteiger partial charge is 0.497 e. The van der Waals surface area contributed by atoms with E-state index in [1.807, 2.05) is 6.07 Å². The topological polar surface area (TPSA) is 95.6 Å². The number of carbonyl (C=O) groups is 2. The zero-order valence-electron chi connectivity index (χ0n) is 13.9. The predicted molar refractivity (Wildman–Crippen MR) is 96.1 cm³/mol. The number of hydrogen-bond acceptors (Lipinski definition) is 6. The summed E-state index contributed by atoms with van der Waals surface area (Å²) in [6.07, 6.45) is 1.50. The van der Waals surface area contributed by atoms with Gasteiger partial charge in [0.15, 0.2) is 0 Å². The highest BCUT2D eigenvalue weighted by Crippen LogP contribution is 2.36. The van der Waals surface area contributed by atoms with E-state index >= 15 is 0 Å². The lowest BCUT2D eigenvalue weighted by atomic mass is 10.2. The molecule has 0 bridgehead atoms. The van der Waals surface area contributed by atoms with E-state index in [1.165, 1.54) is 22.9 Å². The molecule has 1 fully saturated rings. The van der Waals surface area contributed by atoms with Crippen molar-refractivity contribution in [2.24, 2.45) is 0 Å². The van der Waals surface area contributed by atoms with Crippen molar-refractivity contribution in [2.75, 3.05) is 17.8 Å². The minimum absolute atomic E-state index is 0.108. The number of nitriles is 1. The number of hydrogen-bond donors (Lipinski definition) is 1. The van der Waals surface area contributed by atoms with Crippen molar-refractivity contribution in [3.8, 4) is 11.8 Å². The molecule has 3 rings (SSSR count). The van der Waals surface area contributed by atoms with Crippen LogP contribution in [0.5, 0.6) is 5.75 Å². The molecule has 7 nitrogen and oxygen atoms in total. The number of benzene rings is 1. The summed E-state index contributed by atoms with van der Waals surface area (Å²) in [7, 11) is 1.55. The highest BCUT2D eigenvalue weighted by molar-refractivity contribution is 8.04. The van der Waals surface area contributed by atoms with Crippen LogP contribution in [0.3, 0.4) is 0 Å². The molecule has 0 saturated carbocycles. The summed E-state index contributed by atoms with van der Waals surface area (Å²) in [6.45, 7) is 0.158. The van der Waals surface area contributed by atoms with Gasteiger partial charge < -0.3 is 14.5 Å². The van der Waals surface area contributed by atoms with Crippen LogP contribution in [0, 0.1) is 11.3 Å². The van der Waals surface area contributed by atoms with Gasteiger partial charge in [-0.05, 0) is 36.4 Å². The molecule has 1 aliphatic rings. The van der Waals surface area contributed by atoms with Crippen LogP contribution in [0.2, 0.25) is 0 Å². The number of ether oxygens (including phenoxy) is 1. The van der Waals surface area contributed by atoms with Crippen molar-refractivity contribution in [3.05, 3.63) is 59.0 Å². The van der Waals surface area contributed by atoms with Crippen LogP contribution in [0.1, 0.15) is 5.76 Å². The van der Waals surface area contributed by atoms with E-state index in [1.54, 1.807) is 43.5 Å². The van der Waals surface area contributed by atoms with Gasteiger partial charge in [-0.1, -0.05) is 11.8 Å². The Morgan fingerprint density at radius 2 is 2.15 bits per heavy atom. The van der Waals surface area contributed by atoms with Gasteiger partial charge in [-0.3, -0.25) is 14.5 Å². The molecule has 1 saturated heterocycles. The molecule has 1 aliphatic heterocycles. The number of nitrogens with zero attached hydrogens (tertiary/aromatic N) is 2. The van der Waals surface area contributed by atoms with Gasteiger partial charge in [0, 0.05) is 5.69 Å². The monoisotopic (exact) mass is 369 g/mol. The molecular weight excluding hydrogens is 354 g/mol. The van der Waals surface area contributed by atoms with Crippen LogP contribution < -0.4 is 15.0 Å². The zero-order chi connectivity index (χ0) is 18.5. The molecule has 0 aliphatic carbocycles. The SMILES string of the molecule is COc1ccc(N2C(=O)CS/C2=C(/C#N)C(=O)NCc2ccco2)cc1. The summed E-state index contributed by atoms with van der Waals surface area (Å²) in [5.74, 6) is 0.636. The Morgan fingerprint density at radius 3 is 2.77 bits per heavy atom. The molecule has 1 N–H and O–H groups in total. The molecule has 0 unspecified atom stereocenters. The second-order valence-electron chi connectivity index (χ2n) is 5.27. The molecule has 1 aromatic carbocycles. The summed E-state index contributed by atoms with van der Waals surface area (Å²) in [6, 6.07) is 12.2. The molecule has 0 spiro atoms. The van der Waals surface area contributed by atoms with E-state index in [0.717, 1.165) is 0 Å². The standard InChI is InChI=1S/C18H15N3O4S/c1-24-13-6-4-12(5-7-13)21-16(22)11-26-18(21)15(9-19)17(23)20-10-14-3-2-8-25-14/h2-8H,10-11H2,1H3,(H,20,23)/b18-15-. The molecule has 2 amide bonds. The fourth-order valence-corrected chi connectivity index (χ4v) is 3.42. The van der Waals surface area contributed by atoms with E-state index in [4.69, 9.17) is 9.15 Å². The van der Waals surface area contributed by atoms with E-state index in [2.05, 4.69) is 5.32 Å². The lowest BCUT2D eigenvalue weighted by molar-refractivity contribution is -0.117. The molecule has 132 valence electrons. The average Bonchev–Trinajstić information content (AvgIpc) is 3.31. The maximum absolute atomic E-state index is 12.4. The highest BCUT2D eigenvalue weighted by atomic mass is 32.2. The van der Waals surface area contributed by atoms with E-state index in [9.17, 15) is 14.9 Å². The summed E-state index contributed by atoms with van der Waals surface area (Å²) in [5, 5.41) is 12.4. The predicted octanol–water partition coefficient (Wildman–Crippen LogP) is 2.42. The molecule has 2 aromatic rings. The first kappa shape index (κ1) is 17.6. The lowest BCUT2D eigenvalue weighted by Gasteiger charge is -2.18. The maximum Gasteiger partial charge on any atom is 0.265 e. The molecule has 2 heterocycles. The smallest absolute Gasteiger partial charge is 0.265 e. The minimum Gasteiger partial charge on any atom is -0.497 e. The summed E-state index contributed by atoms with van der Waals surface area (Å²) in [4.78, 5) is 26.1. The van der Waals surface area contributed by atoms with Gasteiger partial charge in [0.25, 0.3) is 5.91 Å². The number of nitrogens with one attached hydrogen (secondary N) is 1. The van der Waals surface area contributed by atoms with Gasteiger partial charge in [0.2, 0.25) is 5.91 Å². The summed E-state index contributed by atoms with van der Waals surface area (Å²) in [5.41, 5.74) is 0.464. The van der Waals surface area contributed by atoms with E-state index in [0.29, 0.717) is 22.2 Å². The van der Waals surface area contributed by atoms with Crippen molar-refractivity contribution >= 4 is 29.3 Å². The van der Waals surface area contributed by atoms with Gasteiger partial charge in [0.05, 0.1) is 25.7 Å². The fourth-order valence-electron chi connectivity index (χ4n) is 2.41. The summed E-state index contributed by atoms with van der Waals surface area (Å²) >= 11 is 1.17. The third-order valence-corrected chi connectivity index (χ3v) is 4.72. The van der Waals surface area contributed by atoms with Gasteiger partial charge in [-0.2, -0.15) is 5.26 Å². The Morgan fingerprint density at radius 1 is 1.38 bits per heavy atom. The third kappa shape index (κ3) is 3.58. The average molecular weight is 369 g/mol. The van der Waals surface area contributed by atoms with Crippen molar-refractivity contribution < 1.29 is 18.7 Å². The number of methoxy groups -OCH3 is 1. The number of amides is 2. The number of thioether (sulfide) groups is 1. The molecular formula is C18H15N3O4S. The molecule has 0 radical (unpaired) electrons. The minimum atomic E-state index is -0.556.